The standard InChI is InChI=1S/C13H23NO5/c1-5-18-11(15)9-8-17-7-6-10(9)14-12(16)19-13(2,3)4/h9-10H,5-8H2,1-4H3,(H,14,16). The fourth-order valence-electron chi connectivity index (χ4n) is 1.85. The lowest BCUT2D eigenvalue weighted by atomic mass is 9.96. The number of carbonyl (C=O) groups is 2. The molecular formula is C13H23NO5. The van der Waals surface area contributed by atoms with Gasteiger partial charge in [0.25, 0.3) is 0 Å². The maximum atomic E-state index is 11.8. The molecule has 19 heavy (non-hydrogen) atoms. The van der Waals surface area contributed by atoms with E-state index in [2.05, 4.69) is 5.32 Å². The maximum Gasteiger partial charge on any atom is 0.407 e. The molecule has 0 aromatic heterocycles. The van der Waals surface area contributed by atoms with Gasteiger partial charge in [-0.2, -0.15) is 0 Å². The molecule has 2 unspecified atom stereocenters. The number of hydrogen-bond acceptors (Lipinski definition) is 5. The van der Waals surface area contributed by atoms with Gasteiger partial charge in [-0.1, -0.05) is 0 Å². The van der Waals surface area contributed by atoms with Gasteiger partial charge in [0.15, 0.2) is 0 Å². The first kappa shape index (κ1) is 15.8. The summed E-state index contributed by atoms with van der Waals surface area (Å²) < 4.78 is 15.4. The molecule has 1 N–H and O–H groups in total. The highest BCUT2D eigenvalue weighted by molar-refractivity contribution is 5.75. The third-order valence-electron chi connectivity index (χ3n) is 2.65. The van der Waals surface area contributed by atoms with E-state index >= 15 is 0 Å². The van der Waals surface area contributed by atoms with Crippen LogP contribution >= 0.6 is 0 Å². The summed E-state index contributed by atoms with van der Waals surface area (Å²) in [5, 5.41) is 2.72. The monoisotopic (exact) mass is 273 g/mol. The zero-order valence-corrected chi connectivity index (χ0v) is 12.0. The van der Waals surface area contributed by atoms with Gasteiger partial charge in [-0.15, -0.1) is 0 Å². The Morgan fingerprint density at radius 3 is 2.63 bits per heavy atom. The van der Waals surface area contributed by atoms with Crippen molar-refractivity contribution in [2.24, 2.45) is 5.92 Å². The fourth-order valence-corrected chi connectivity index (χ4v) is 1.85. The first-order valence-corrected chi connectivity index (χ1v) is 6.57. The van der Waals surface area contributed by atoms with Crippen molar-refractivity contribution in [2.75, 3.05) is 19.8 Å². The third-order valence-corrected chi connectivity index (χ3v) is 2.65. The molecular weight excluding hydrogens is 250 g/mol. The molecule has 1 aliphatic rings. The van der Waals surface area contributed by atoms with Crippen molar-refractivity contribution < 1.29 is 23.8 Å². The number of hydrogen-bond donors (Lipinski definition) is 1. The van der Waals surface area contributed by atoms with E-state index in [9.17, 15) is 9.59 Å². The molecule has 6 heteroatoms. The van der Waals surface area contributed by atoms with Crippen LogP contribution in [0.4, 0.5) is 4.79 Å². The van der Waals surface area contributed by atoms with Gasteiger partial charge in [0.05, 0.1) is 13.2 Å². The number of nitrogens with one attached hydrogen (secondary N) is 1. The average Bonchev–Trinajstić information content (AvgIpc) is 2.27. The summed E-state index contributed by atoms with van der Waals surface area (Å²) in [7, 11) is 0. The lowest BCUT2D eigenvalue weighted by molar-refractivity contribution is -0.153. The largest absolute Gasteiger partial charge is 0.466 e. The number of esters is 1. The zero-order valence-electron chi connectivity index (χ0n) is 12.0. The summed E-state index contributed by atoms with van der Waals surface area (Å²) in [6, 6.07) is -0.303. The van der Waals surface area contributed by atoms with Gasteiger partial charge < -0.3 is 19.5 Å². The summed E-state index contributed by atoms with van der Waals surface area (Å²) in [5.74, 6) is -0.815. The van der Waals surface area contributed by atoms with Crippen LogP contribution in [0.2, 0.25) is 0 Å². The molecule has 0 spiro atoms. The van der Waals surface area contributed by atoms with E-state index in [4.69, 9.17) is 14.2 Å². The van der Waals surface area contributed by atoms with Gasteiger partial charge in [-0.05, 0) is 34.1 Å². The smallest absolute Gasteiger partial charge is 0.407 e. The normalized spacial score (nSPS) is 23.6. The lowest BCUT2D eigenvalue weighted by Crippen LogP contribution is -2.50. The molecule has 1 heterocycles. The quantitative estimate of drug-likeness (QED) is 0.788. The Hall–Kier alpha value is -1.30. The Morgan fingerprint density at radius 2 is 2.05 bits per heavy atom. The summed E-state index contributed by atoms with van der Waals surface area (Å²) in [5.41, 5.74) is -0.561. The van der Waals surface area contributed by atoms with E-state index in [1.165, 1.54) is 0 Å². The maximum absolute atomic E-state index is 11.8. The average molecular weight is 273 g/mol. The molecule has 2 atom stereocenters. The van der Waals surface area contributed by atoms with Crippen LogP contribution in [0.1, 0.15) is 34.1 Å². The zero-order chi connectivity index (χ0) is 14.5. The van der Waals surface area contributed by atoms with Crippen molar-refractivity contribution in [3.8, 4) is 0 Å². The number of amides is 1. The molecule has 6 nitrogen and oxygen atoms in total. The van der Waals surface area contributed by atoms with E-state index in [0.717, 1.165) is 0 Å². The lowest BCUT2D eigenvalue weighted by Gasteiger charge is -2.31. The van der Waals surface area contributed by atoms with Crippen LogP contribution in [0.25, 0.3) is 0 Å². The number of ether oxygens (including phenoxy) is 3. The van der Waals surface area contributed by atoms with Crippen molar-refractivity contribution in [1.29, 1.82) is 0 Å². The Bertz CT molecular complexity index is 323. The summed E-state index contributed by atoms with van der Waals surface area (Å²) in [6.45, 7) is 8.21. The Kier molecular flexibility index (Phi) is 5.60. The molecule has 1 fully saturated rings. The van der Waals surface area contributed by atoms with Crippen molar-refractivity contribution in [2.45, 2.75) is 45.8 Å². The molecule has 1 saturated heterocycles. The Balaban J connectivity index is 2.57. The van der Waals surface area contributed by atoms with Crippen LogP contribution < -0.4 is 5.32 Å². The minimum atomic E-state index is -0.561. The van der Waals surface area contributed by atoms with Gasteiger partial charge in [-0.25, -0.2) is 4.79 Å². The molecule has 0 bridgehead atoms. The molecule has 1 aliphatic heterocycles. The molecule has 110 valence electrons. The van der Waals surface area contributed by atoms with Gasteiger partial charge >= 0.3 is 12.1 Å². The van der Waals surface area contributed by atoms with E-state index in [1.807, 2.05) is 0 Å². The van der Waals surface area contributed by atoms with E-state index in [-0.39, 0.29) is 18.6 Å². The molecule has 1 rings (SSSR count). The van der Waals surface area contributed by atoms with Crippen LogP contribution in [0.3, 0.4) is 0 Å². The molecule has 0 aromatic rings. The SMILES string of the molecule is CCOC(=O)C1COCCC1NC(=O)OC(C)(C)C. The Morgan fingerprint density at radius 1 is 1.37 bits per heavy atom. The number of carbonyl (C=O) groups excluding carboxylic acids is 2. The molecule has 1 amide bonds. The highest BCUT2D eigenvalue weighted by atomic mass is 16.6. The number of alkyl carbamates (subject to hydrolysis) is 1. The first-order valence-electron chi connectivity index (χ1n) is 6.57. The second-order valence-electron chi connectivity index (χ2n) is 5.47. The molecule has 0 aliphatic carbocycles. The van der Waals surface area contributed by atoms with Gasteiger partial charge in [-0.3, -0.25) is 4.79 Å². The topological polar surface area (TPSA) is 73.9 Å². The van der Waals surface area contributed by atoms with Gasteiger partial charge in [0.2, 0.25) is 0 Å². The fraction of sp³-hybridized carbons (Fsp3) is 0.846. The van der Waals surface area contributed by atoms with Crippen LogP contribution in [0.5, 0.6) is 0 Å². The minimum absolute atomic E-state index is 0.263. The van der Waals surface area contributed by atoms with Crippen LogP contribution in [0, 0.1) is 5.92 Å². The molecule has 0 radical (unpaired) electrons. The molecule has 0 saturated carbocycles. The van der Waals surface area contributed by atoms with Crippen molar-refractivity contribution >= 4 is 12.1 Å². The summed E-state index contributed by atoms with van der Waals surface area (Å²) in [6.07, 6.45) is 0.0524. The number of rotatable bonds is 3. The summed E-state index contributed by atoms with van der Waals surface area (Å²) in [4.78, 5) is 23.5. The predicted octanol–water partition coefficient (Wildman–Crippen LogP) is 1.48. The highest BCUT2D eigenvalue weighted by Gasteiger charge is 2.34. The second-order valence-corrected chi connectivity index (χ2v) is 5.47. The Labute approximate surface area is 113 Å². The molecule has 0 aromatic carbocycles. The second kappa shape index (κ2) is 6.75. The van der Waals surface area contributed by atoms with Crippen LogP contribution in [0.15, 0.2) is 0 Å². The van der Waals surface area contributed by atoms with E-state index < -0.39 is 17.6 Å². The van der Waals surface area contributed by atoms with Crippen LogP contribution in [-0.2, 0) is 19.0 Å². The van der Waals surface area contributed by atoms with E-state index in [1.54, 1.807) is 27.7 Å². The van der Waals surface area contributed by atoms with Crippen molar-refractivity contribution in [3.63, 3.8) is 0 Å². The van der Waals surface area contributed by atoms with Gasteiger partial charge in [0, 0.05) is 12.6 Å². The third kappa shape index (κ3) is 5.46. The van der Waals surface area contributed by atoms with Gasteiger partial charge in [0.1, 0.15) is 11.5 Å². The van der Waals surface area contributed by atoms with Crippen molar-refractivity contribution in [3.05, 3.63) is 0 Å². The van der Waals surface area contributed by atoms with Crippen molar-refractivity contribution in [1.82, 2.24) is 5.32 Å². The minimum Gasteiger partial charge on any atom is -0.466 e. The van der Waals surface area contributed by atoms with E-state index in [0.29, 0.717) is 19.6 Å². The predicted molar refractivity (Wildman–Crippen MR) is 68.7 cm³/mol. The summed E-state index contributed by atoms with van der Waals surface area (Å²) >= 11 is 0. The van der Waals surface area contributed by atoms with Crippen LogP contribution in [-0.4, -0.2) is 43.5 Å². The first-order chi connectivity index (χ1) is 8.83. The highest BCUT2D eigenvalue weighted by Crippen LogP contribution is 2.17.